The molecule has 0 aromatic carbocycles. The molecule has 0 spiro atoms. The normalized spacial score (nSPS) is 13.1. The van der Waals surface area contributed by atoms with Crippen LogP contribution < -0.4 is 0 Å². The van der Waals surface area contributed by atoms with E-state index in [0.29, 0.717) is 6.42 Å². The highest BCUT2D eigenvalue weighted by molar-refractivity contribution is 7.51. The molecule has 0 rings (SSSR count). The molecule has 1 atom stereocenters. The van der Waals surface area contributed by atoms with Crippen LogP contribution in [-0.2, 0) is 14.1 Å². The Labute approximate surface area is 165 Å². The van der Waals surface area contributed by atoms with Gasteiger partial charge in [-0.15, -0.1) is 0 Å². The number of unbranched alkanes of at least 4 members (excludes halogenated alkanes) is 10. The molecule has 0 saturated heterocycles. The number of hydrogen-bond acceptors (Lipinski definition) is 4. The van der Waals surface area contributed by atoms with Gasteiger partial charge in [-0.05, 0) is 12.3 Å². The number of ether oxygens (including phenoxy) is 1. The summed E-state index contributed by atoms with van der Waals surface area (Å²) in [5.74, 6) is 0.406. The zero-order valence-electron chi connectivity index (χ0n) is 17.3. The Hall–Kier alpha value is -0.420. The molecule has 162 valence electrons. The average Bonchev–Trinajstić information content (AvgIpc) is 2.55. The number of hydrogen-bond donors (Lipinski definition) is 3. The molecule has 0 amide bonds. The second kappa shape index (κ2) is 16.5. The molecule has 0 aromatic heterocycles. The molecule has 0 bridgehead atoms. The third kappa shape index (κ3) is 21.7. The minimum absolute atomic E-state index is 0.291. The Bertz CT molecular complexity index is 407. The summed E-state index contributed by atoms with van der Waals surface area (Å²) in [6.07, 6.45) is 13.0. The Kier molecular flexibility index (Phi) is 16.3. The van der Waals surface area contributed by atoms with Gasteiger partial charge in [0.15, 0.2) is 0 Å². The molecule has 0 aliphatic carbocycles. The number of carbonyl (C=O) groups is 1. The summed E-state index contributed by atoms with van der Waals surface area (Å²) in [6.45, 7) is 4.20. The molecule has 0 aromatic rings. The van der Waals surface area contributed by atoms with Crippen molar-refractivity contribution in [1.29, 1.82) is 0 Å². The van der Waals surface area contributed by atoms with Crippen LogP contribution in [0.2, 0.25) is 0 Å². The second-order valence-electron chi connectivity index (χ2n) is 8.01. The van der Waals surface area contributed by atoms with Gasteiger partial charge in [-0.1, -0.05) is 84.5 Å². The van der Waals surface area contributed by atoms with Crippen molar-refractivity contribution in [2.45, 2.75) is 103 Å². The van der Waals surface area contributed by atoms with Crippen LogP contribution in [0, 0.1) is 5.92 Å². The first-order valence-corrected chi connectivity index (χ1v) is 12.4. The summed E-state index contributed by atoms with van der Waals surface area (Å²) < 4.78 is 15.5. The fraction of sp³-hybridized carbons (Fsp3) is 0.950. The second-order valence-corrected chi connectivity index (χ2v) is 9.70. The van der Waals surface area contributed by atoms with Crippen molar-refractivity contribution < 1.29 is 29.0 Å². The maximum atomic E-state index is 11.5. The lowest BCUT2D eigenvalue weighted by atomic mass is 10.0. The van der Waals surface area contributed by atoms with Crippen LogP contribution in [0.25, 0.3) is 0 Å². The molecule has 1 unspecified atom stereocenters. The van der Waals surface area contributed by atoms with Crippen molar-refractivity contribution in [2.75, 3.05) is 12.8 Å². The first-order valence-electron chi connectivity index (χ1n) is 10.6. The average molecular weight is 409 g/mol. The maximum Gasteiger partial charge on any atom is 0.328 e. The Morgan fingerprint density at radius 2 is 1.30 bits per heavy atom. The first kappa shape index (κ1) is 26.6. The van der Waals surface area contributed by atoms with E-state index in [1.807, 2.05) is 0 Å². The van der Waals surface area contributed by atoms with Gasteiger partial charge < -0.3 is 19.6 Å². The third-order valence-corrected chi connectivity index (χ3v) is 5.44. The molecule has 7 heteroatoms. The first-order chi connectivity index (χ1) is 12.7. The number of aliphatic hydroxyl groups excluding tert-OH is 1. The van der Waals surface area contributed by atoms with E-state index in [1.54, 1.807) is 0 Å². The van der Waals surface area contributed by atoms with Crippen molar-refractivity contribution in [3.05, 3.63) is 0 Å². The fourth-order valence-corrected chi connectivity index (χ4v) is 3.66. The molecule has 0 heterocycles. The van der Waals surface area contributed by atoms with E-state index >= 15 is 0 Å². The third-order valence-electron chi connectivity index (χ3n) is 4.55. The van der Waals surface area contributed by atoms with E-state index in [9.17, 15) is 14.5 Å². The molecule has 0 fully saturated rings. The number of aliphatic hydroxyl groups is 1. The summed E-state index contributed by atoms with van der Waals surface area (Å²) in [6, 6.07) is 0. The summed E-state index contributed by atoms with van der Waals surface area (Å²) in [5.41, 5.74) is 0. The van der Waals surface area contributed by atoms with Gasteiger partial charge in [0.25, 0.3) is 0 Å². The largest absolute Gasteiger partial charge is 0.463 e. The van der Waals surface area contributed by atoms with Crippen LogP contribution in [0.5, 0.6) is 0 Å². The van der Waals surface area contributed by atoms with Crippen LogP contribution in [0.15, 0.2) is 0 Å². The Morgan fingerprint density at radius 3 is 1.74 bits per heavy atom. The number of esters is 1. The van der Waals surface area contributed by atoms with Gasteiger partial charge in [-0.25, -0.2) is 0 Å². The summed E-state index contributed by atoms with van der Waals surface area (Å²) >= 11 is 0. The predicted molar refractivity (Wildman–Crippen MR) is 109 cm³/mol. The molecule has 6 nitrogen and oxygen atoms in total. The lowest BCUT2D eigenvalue weighted by Crippen LogP contribution is -2.22. The predicted octanol–water partition coefficient (Wildman–Crippen LogP) is 4.80. The van der Waals surface area contributed by atoms with Gasteiger partial charge in [0.05, 0.1) is 12.3 Å². The molecular weight excluding hydrogens is 367 g/mol. The molecule has 3 N–H and O–H groups in total. The van der Waals surface area contributed by atoms with Crippen LogP contribution in [-0.4, -0.2) is 39.7 Å². The lowest BCUT2D eigenvalue weighted by Gasteiger charge is -2.12. The lowest BCUT2D eigenvalue weighted by molar-refractivity contribution is -0.146. The summed E-state index contributed by atoms with van der Waals surface area (Å²) in [7, 11) is -4.28. The summed E-state index contributed by atoms with van der Waals surface area (Å²) in [4.78, 5) is 28.9. The van der Waals surface area contributed by atoms with E-state index in [2.05, 4.69) is 13.8 Å². The molecule has 0 radical (unpaired) electrons. The zero-order chi connectivity index (χ0) is 20.5. The number of carbonyl (C=O) groups excluding carboxylic acids is 1. The van der Waals surface area contributed by atoms with Gasteiger partial charge in [-0.3, -0.25) is 9.36 Å². The van der Waals surface area contributed by atoms with Crippen molar-refractivity contribution in [1.82, 2.24) is 0 Å². The van der Waals surface area contributed by atoms with Gasteiger partial charge in [0.2, 0.25) is 0 Å². The Balaban J connectivity index is 3.32. The van der Waals surface area contributed by atoms with E-state index in [0.717, 1.165) is 25.2 Å². The highest BCUT2D eigenvalue weighted by Gasteiger charge is 2.20. The number of rotatable bonds is 18. The van der Waals surface area contributed by atoms with Crippen LogP contribution in [0.1, 0.15) is 97.3 Å². The van der Waals surface area contributed by atoms with Gasteiger partial charge in [-0.2, -0.15) is 0 Å². The van der Waals surface area contributed by atoms with E-state index < -0.39 is 25.8 Å². The van der Waals surface area contributed by atoms with Crippen molar-refractivity contribution in [3.63, 3.8) is 0 Å². The van der Waals surface area contributed by atoms with Crippen molar-refractivity contribution in [2.24, 2.45) is 5.92 Å². The zero-order valence-corrected chi connectivity index (χ0v) is 18.2. The molecule has 0 aliphatic rings. The quantitative estimate of drug-likeness (QED) is 0.171. The maximum absolute atomic E-state index is 11.5. The van der Waals surface area contributed by atoms with Crippen molar-refractivity contribution >= 4 is 13.6 Å². The van der Waals surface area contributed by atoms with Crippen LogP contribution in [0.4, 0.5) is 0 Å². The molecule has 0 saturated carbocycles. The van der Waals surface area contributed by atoms with Gasteiger partial charge in [0, 0.05) is 6.42 Å². The molecule has 27 heavy (non-hydrogen) atoms. The van der Waals surface area contributed by atoms with Crippen molar-refractivity contribution in [3.8, 4) is 0 Å². The Morgan fingerprint density at radius 1 is 0.852 bits per heavy atom. The highest BCUT2D eigenvalue weighted by Crippen LogP contribution is 2.34. The SMILES string of the molecule is CC(C)CCCCCCCCCCCCCC(=O)OCC(O)CP(=O)(O)O. The standard InChI is InChI=1S/C20H41O6P/c1-18(2)14-12-10-8-6-4-3-5-7-9-11-13-15-20(22)26-16-19(21)17-27(23,24)25/h18-19,21H,3-17H2,1-2H3,(H2,23,24,25). The van der Waals surface area contributed by atoms with Gasteiger partial charge >= 0.3 is 13.6 Å². The minimum Gasteiger partial charge on any atom is -0.463 e. The van der Waals surface area contributed by atoms with E-state index in [1.165, 1.54) is 57.8 Å². The van der Waals surface area contributed by atoms with E-state index in [-0.39, 0.29) is 6.61 Å². The smallest absolute Gasteiger partial charge is 0.328 e. The summed E-state index contributed by atoms with van der Waals surface area (Å²) in [5, 5.41) is 9.36. The topological polar surface area (TPSA) is 104 Å². The minimum atomic E-state index is -4.28. The molecule has 0 aliphatic heterocycles. The fourth-order valence-electron chi connectivity index (χ4n) is 3.00. The van der Waals surface area contributed by atoms with E-state index in [4.69, 9.17) is 14.5 Å². The van der Waals surface area contributed by atoms with Crippen LogP contribution in [0.3, 0.4) is 0 Å². The van der Waals surface area contributed by atoms with Crippen LogP contribution >= 0.6 is 7.60 Å². The highest BCUT2D eigenvalue weighted by atomic mass is 31.2. The molecular formula is C20H41O6P. The monoisotopic (exact) mass is 408 g/mol. The van der Waals surface area contributed by atoms with Gasteiger partial charge in [0.1, 0.15) is 6.61 Å².